The first-order chi connectivity index (χ1) is 8.00. The van der Waals surface area contributed by atoms with Gasteiger partial charge in [0.2, 0.25) is 0 Å². The zero-order chi connectivity index (χ0) is 12.6. The molecule has 5 heteroatoms. The lowest BCUT2D eigenvalue weighted by molar-refractivity contribution is 0.470. The van der Waals surface area contributed by atoms with Crippen molar-refractivity contribution in [3.8, 4) is 16.9 Å². The molecular weight excluding hydrogens is 280 g/mol. The van der Waals surface area contributed by atoms with Gasteiger partial charge in [-0.25, -0.2) is 0 Å². The molecule has 2 nitrogen and oxygen atoms in total. The summed E-state index contributed by atoms with van der Waals surface area (Å²) in [4.78, 5) is 3.98. The number of aromatic nitrogens is 1. The summed E-state index contributed by atoms with van der Waals surface area (Å²) in [6, 6.07) is 4.85. The minimum absolute atomic E-state index is 0.0905. The Bertz CT molecular complexity index is 584. The SMILES string of the molecule is Cc1nccc(-c2cc(Cl)c(Cl)cc2Cl)c1O. The highest BCUT2D eigenvalue weighted by molar-refractivity contribution is 6.44. The second-order valence-electron chi connectivity index (χ2n) is 3.54. The summed E-state index contributed by atoms with van der Waals surface area (Å²) in [6.45, 7) is 1.71. The van der Waals surface area contributed by atoms with Crippen molar-refractivity contribution < 1.29 is 5.11 Å². The van der Waals surface area contributed by atoms with Crippen molar-refractivity contribution >= 4 is 34.8 Å². The number of aromatic hydroxyl groups is 1. The van der Waals surface area contributed by atoms with E-state index in [9.17, 15) is 5.11 Å². The molecule has 0 amide bonds. The third-order valence-corrected chi connectivity index (χ3v) is 3.44. The largest absolute Gasteiger partial charge is 0.505 e. The Morgan fingerprint density at radius 2 is 1.65 bits per heavy atom. The number of halogens is 3. The zero-order valence-electron chi connectivity index (χ0n) is 8.84. The maximum Gasteiger partial charge on any atom is 0.144 e. The van der Waals surface area contributed by atoms with Crippen LogP contribution in [0.3, 0.4) is 0 Å². The van der Waals surface area contributed by atoms with E-state index in [-0.39, 0.29) is 5.75 Å². The van der Waals surface area contributed by atoms with Crippen LogP contribution in [0.4, 0.5) is 0 Å². The van der Waals surface area contributed by atoms with E-state index in [0.29, 0.717) is 31.9 Å². The number of hydrogen-bond acceptors (Lipinski definition) is 2. The van der Waals surface area contributed by atoms with Crippen LogP contribution in [0, 0.1) is 6.92 Å². The molecule has 0 radical (unpaired) electrons. The van der Waals surface area contributed by atoms with Gasteiger partial charge in [0.05, 0.1) is 20.8 Å². The summed E-state index contributed by atoms with van der Waals surface area (Å²) in [5.41, 5.74) is 1.75. The number of hydrogen-bond donors (Lipinski definition) is 1. The Hall–Kier alpha value is -0.960. The molecule has 0 aliphatic heterocycles. The van der Waals surface area contributed by atoms with Crippen molar-refractivity contribution in [1.82, 2.24) is 4.98 Å². The average Bonchev–Trinajstić information content (AvgIpc) is 2.28. The molecule has 0 saturated carbocycles. The Morgan fingerprint density at radius 3 is 2.35 bits per heavy atom. The number of aryl methyl sites for hydroxylation is 1. The van der Waals surface area contributed by atoms with Crippen molar-refractivity contribution in [1.29, 1.82) is 0 Å². The Balaban J connectivity index is 2.69. The lowest BCUT2D eigenvalue weighted by Gasteiger charge is -2.09. The lowest BCUT2D eigenvalue weighted by atomic mass is 10.0. The maximum atomic E-state index is 9.94. The highest BCUT2D eigenvalue weighted by Gasteiger charge is 2.13. The predicted octanol–water partition coefficient (Wildman–Crippen LogP) is 4.72. The summed E-state index contributed by atoms with van der Waals surface area (Å²) >= 11 is 17.9. The summed E-state index contributed by atoms with van der Waals surface area (Å²) in [7, 11) is 0. The Kier molecular flexibility index (Phi) is 3.48. The third kappa shape index (κ3) is 2.34. The van der Waals surface area contributed by atoms with Crippen LogP contribution >= 0.6 is 34.8 Å². The topological polar surface area (TPSA) is 33.1 Å². The first kappa shape index (κ1) is 12.5. The van der Waals surface area contributed by atoms with Crippen molar-refractivity contribution in [2.45, 2.75) is 6.92 Å². The molecule has 1 aromatic carbocycles. The predicted molar refractivity (Wildman–Crippen MR) is 71.1 cm³/mol. The summed E-state index contributed by atoms with van der Waals surface area (Å²) in [5.74, 6) is 0.0905. The van der Waals surface area contributed by atoms with Crippen LogP contribution in [0.5, 0.6) is 5.75 Å². The van der Waals surface area contributed by atoms with Gasteiger partial charge in [0.25, 0.3) is 0 Å². The molecule has 0 saturated heterocycles. The molecule has 0 bridgehead atoms. The van der Waals surface area contributed by atoms with Gasteiger partial charge >= 0.3 is 0 Å². The van der Waals surface area contributed by atoms with Crippen molar-refractivity contribution in [2.75, 3.05) is 0 Å². The number of pyridine rings is 1. The van der Waals surface area contributed by atoms with E-state index >= 15 is 0 Å². The fourth-order valence-corrected chi connectivity index (χ4v) is 2.15. The van der Waals surface area contributed by atoms with Crippen LogP contribution < -0.4 is 0 Å². The molecule has 0 atom stereocenters. The fraction of sp³-hybridized carbons (Fsp3) is 0.0833. The van der Waals surface area contributed by atoms with Crippen molar-refractivity contribution in [3.05, 3.63) is 45.2 Å². The summed E-state index contributed by atoms with van der Waals surface area (Å²) in [6.07, 6.45) is 1.60. The van der Waals surface area contributed by atoms with E-state index in [1.54, 1.807) is 31.3 Å². The van der Waals surface area contributed by atoms with Crippen LogP contribution in [0.25, 0.3) is 11.1 Å². The number of benzene rings is 1. The Labute approximate surface area is 114 Å². The minimum atomic E-state index is 0.0905. The molecule has 1 N–H and O–H groups in total. The highest BCUT2D eigenvalue weighted by atomic mass is 35.5. The second kappa shape index (κ2) is 4.73. The standard InChI is InChI=1S/C12H8Cl3NO/c1-6-12(17)7(2-3-16-6)8-4-10(14)11(15)5-9(8)13/h2-5,17H,1H3. The molecule has 0 aliphatic rings. The van der Waals surface area contributed by atoms with E-state index < -0.39 is 0 Å². The van der Waals surface area contributed by atoms with Gasteiger partial charge in [-0.1, -0.05) is 34.8 Å². The average molecular weight is 289 g/mol. The number of rotatable bonds is 1. The quantitative estimate of drug-likeness (QED) is 0.770. The smallest absolute Gasteiger partial charge is 0.144 e. The molecule has 88 valence electrons. The van der Waals surface area contributed by atoms with Gasteiger partial charge < -0.3 is 5.11 Å². The van der Waals surface area contributed by atoms with Gasteiger partial charge in [0.1, 0.15) is 5.75 Å². The summed E-state index contributed by atoms with van der Waals surface area (Å²) < 4.78 is 0. The van der Waals surface area contributed by atoms with E-state index in [1.807, 2.05) is 0 Å². The van der Waals surface area contributed by atoms with Crippen molar-refractivity contribution in [3.63, 3.8) is 0 Å². The molecule has 17 heavy (non-hydrogen) atoms. The molecule has 1 heterocycles. The highest BCUT2D eigenvalue weighted by Crippen LogP contribution is 2.39. The van der Waals surface area contributed by atoms with E-state index in [4.69, 9.17) is 34.8 Å². The zero-order valence-corrected chi connectivity index (χ0v) is 11.1. The first-order valence-electron chi connectivity index (χ1n) is 4.80. The van der Waals surface area contributed by atoms with E-state index in [0.717, 1.165) is 0 Å². The van der Waals surface area contributed by atoms with E-state index in [1.165, 1.54) is 0 Å². The molecule has 0 aliphatic carbocycles. The van der Waals surface area contributed by atoms with E-state index in [2.05, 4.69) is 4.98 Å². The van der Waals surface area contributed by atoms with Gasteiger partial charge in [-0.05, 0) is 25.1 Å². The van der Waals surface area contributed by atoms with Crippen LogP contribution in [0.15, 0.2) is 24.4 Å². The summed E-state index contributed by atoms with van der Waals surface area (Å²) in [5, 5.41) is 11.1. The minimum Gasteiger partial charge on any atom is -0.505 e. The maximum absolute atomic E-state index is 9.94. The van der Waals surface area contributed by atoms with Crippen LogP contribution in [0.1, 0.15) is 5.69 Å². The Morgan fingerprint density at radius 1 is 1.00 bits per heavy atom. The molecule has 0 unspecified atom stereocenters. The molecule has 1 aromatic heterocycles. The second-order valence-corrected chi connectivity index (χ2v) is 4.76. The molecule has 0 spiro atoms. The molecule has 2 rings (SSSR count). The first-order valence-corrected chi connectivity index (χ1v) is 5.93. The van der Waals surface area contributed by atoms with Crippen LogP contribution in [-0.4, -0.2) is 10.1 Å². The third-order valence-electron chi connectivity index (χ3n) is 2.41. The van der Waals surface area contributed by atoms with Gasteiger partial charge in [0.15, 0.2) is 0 Å². The normalized spacial score (nSPS) is 10.6. The molecular formula is C12H8Cl3NO. The molecule has 2 aromatic rings. The van der Waals surface area contributed by atoms with Crippen LogP contribution in [0.2, 0.25) is 15.1 Å². The van der Waals surface area contributed by atoms with Gasteiger partial charge in [0, 0.05) is 17.3 Å². The van der Waals surface area contributed by atoms with Gasteiger partial charge in [-0.2, -0.15) is 0 Å². The molecule has 0 fully saturated rings. The monoisotopic (exact) mass is 287 g/mol. The lowest BCUT2D eigenvalue weighted by Crippen LogP contribution is -1.87. The van der Waals surface area contributed by atoms with Gasteiger partial charge in [-0.15, -0.1) is 0 Å². The van der Waals surface area contributed by atoms with Crippen LogP contribution in [-0.2, 0) is 0 Å². The number of nitrogens with zero attached hydrogens (tertiary/aromatic N) is 1. The fourth-order valence-electron chi connectivity index (χ4n) is 1.50. The van der Waals surface area contributed by atoms with Gasteiger partial charge in [-0.3, -0.25) is 4.98 Å². The van der Waals surface area contributed by atoms with Crippen molar-refractivity contribution in [2.24, 2.45) is 0 Å².